The third-order valence-electron chi connectivity index (χ3n) is 3.05. The molecule has 0 atom stereocenters. The van der Waals surface area contributed by atoms with Gasteiger partial charge in [0.25, 0.3) is 0 Å². The molecule has 0 aliphatic carbocycles. The minimum Gasteiger partial charge on any atom is -0.481 e. The lowest BCUT2D eigenvalue weighted by Crippen LogP contribution is -2.54. The minimum atomic E-state index is -1.11. The van der Waals surface area contributed by atoms with Crippen molar-refractivity contribution < 1.29 is 29.0 Å². The van der Waals surface area contributed by atoms with Crippen molar-refractivity contribution in [2.45, 2.75) is 32.6 Å². The number of carboxylic acid groups (broad SMARTS) is 1. The summed E-state index contributed by atoms with van der Waals surface area (Å²) in [6, 6.07) is 0. The van der Waals surface area contributed by atoms with E-state index in [0.29, 0.717) is 6.54 Å². The number of hydrogen-bond donors (Lipinski definition) is 1. The maximum Gasteiger partial charge on any atom is 0.308 e. The van der Waals surface area contributed by atoms with Crippen molar-refractivity contribution in [2.75, 3.05) is 26.4 Å². The Kier molecular flexibility index (Phi) is 6.80. The zero-order chi connectivity index (χ0) is 15.8. The average Bonchev–Trinajstić information content (AvgIpc) is 2.41. The van der Waals surface area contributed by atoms with Crippen LogP contribution in [-0.2, 0) is 23.9 Å². The molecule has 1 rings (SSSR count). The zero-order valence-corrected chi connectivity index (χ0v) is 12.0. The van der Waals surface area contributed by atoms with Gasteiger partial charge in [0, 0.05) is 0 Å². The van der Waals surface area contributed by atoms with E-state index in [0.717, 1.165) is 17.7 Å². The van der Waals surface area contributed by atoms with Gasteiger partial charge >= 0.3 is 11.9 Å². The molecule has 1 heterocycles. The van der Waals surface area contributed by atoms with Crippen LogP contribution in [0.25, 0.3) is 0 Å². The van der Waals surface area contributed by atoms with Crippen LogP contribution in [0.15, 0.2) is 0 Å². The molecule has 1 saturated heterocycles. The van der Waals surface area contributed by atoms with Crippen molar-refractivity contribution in [3.05, 3.63) is 0 Å². The molecule has 0 spiro atoms. The Labute approximate surface area is 122 Å². The van der Waals surface area contributed by atoms with Gasteiger partial charge in [-0.3, -0.25) is 24.1 Å². The molecule has 0 saturated carbocycles. The lowest BCUT2D eigenvalue weighted by atomic mass is 10.2. The number of esters is 1. The van der Waals surface area contributed by atoms with Gasteiger partial charge in [-0.1, -0.05) is 13.3 Å². The molecular weight excluding hydrogens is 280 g/mol. The molecular formula is C13H20N2O6. The molecule has 0 bridgehead atoms. The Morgan fingerprint density at radius 1 is 1.19 bits per heavy atom. The quantitative estimate of drug-likeness (QED) is 0.490. The molecule has 0 unspecified atom stereocenters. The van der Waals surface area contributed by atoms with Crippen molar-refractivity contribution in [2.24, 2.45) is 0 Å². The van der Waals surface area contributed by atoms with Gasteiger partial charge in [-0.05, 0) is 13.0 Å². The monoisotopic (exact) mass is 300 g/mol. The zero-order valence-electron chi connectivity index (χ0n) is 12.0. The summed E-state index contributed by atoms with van der Waals surface area (Å²) in [5, 5.41) is 8.43. The summed E-state index contributed by atoms with van der Waals surface area (Å²) in [6.45, 7) is 2.51. The Morgan fingerprint density at radius 2 is 1.81 bits per heavy atom. The highest BCUT2D eigenvalue weighted by Gasteiger charge is 2.31. The molecule has 21 heavy (non-hydrogen) atoms. The largest absolute Gasteiger partial charge is 0.481 e. The van der Waals surface area contributed by atoms with E-state index in [4.69, 9.17) is 9.84 Å². The van der Waals surface area contributed by atoms with Gasteiger partial charge in [0.05, 0.1) is 25.9 Å². The standard InChI is InChI=1S/C13H20N2O6/c1-2-3-6-14-7-10(16)15(11(17)8-14)9-21-13(20)5-4-12(18)19/h2-9H2,1H3,(H,18,19). The maximum atomic E-state index is 11.8. The number of carbonyl (C=O) groups excluding carboxylic acids is 3. The molecule has 8 heteroatoms. The first kappa shape index (κ1) is 17.1. The van der Waals surface area contributed by atoms with Crippen LogP contribution < -0.4 is 0 Å². The number of rotatable bonds is 8. The van der Waals surface area contributed by atoms with E-state index < -0.39 is 30.5 Å². The molecule has 0 aromatic heterocycles. The molecule has 1 fully saturated rings. The second-order valence-electron chi connectivity index (χ2n) is 4.82. The lowest BCUT2D eigenvalue weighted by Gasteiger charge is -2.31. The van der Waals surface area contributed by atoms with Gasteiger partial charge < -0.3 is 9.84 Å². The van der Waals surface area contributed by atoms with Gasteiger partial charge in [-0.25, -0.2) is 4.90 Å². The van der Waals surface area contributed by atoms with Gasteiger partial charge in [-0.2, -0.15) is 0 Å². The van der Waals surface area contributed by atoms with E-state index in [9.17, 15) is 19.2 Å². The number of aliphatic carboxylic acids is 1. The minimum absolute atomic E-state index is 0.123. The molecule has 0 radical (unpaired) electrons. The van der Waals surface area contributed by atoms with Crippen molar-refractivity contribution in [3.8, 4) is 0 Å². The highest BCUT2D eigenvalue weighted by molar-refractivity contribution is 5.99. The highest BCUT2D eigenvalue weighted by Crippen LogP contribution is 2.07. The SMILES string of the molecule is CCCCN1CC(=O)N(COC(=O)CCC(=O)O)C(=O)C1. The molecule has 118 valence electrons. The van der Waals surface area contributed by atoms with Gasteiger partial charge in [0.1, 0.15) is 0 Å². The number of ether oxygens (including phenoxy) is 1. The predicted molar refractivity (Wildman–Crippen MR) is 71.0 cm³/mol. The summed E-state index contributed by atoms with van der Waals surface area (Å²) < 4.78 is 4.75. The highest BCUT2D eigenvalue weighted by atomic mass is 16.5. The van der Waals surface area contributed by atoms with Crippen LogP contribution in [0.5, 0.6) is 0 Å². The number of nitrogens with zero attached hydrogens (tertiary/aromatic N) is 2. The van der Waals surface area contributed by atoms with Crippen molar-refractivity contribution in [1.29, 1.82) is 0 Å². The first-order valence-electron chi connectivity index (χ1n) is 6.87. The second kappa shape index (κ2) is 8.35. The second-order valence-corrected chi connectivity index (χ2v) is 4.82. The Bertz CT molecular complexity index is 405. The van der Waals surface area contributed by atoms with Crippen LogP contribution in [0.1, 0.15) is 32.6 Å². The van der Waals surface area contributed by atoms with E-state index in [1.54, 1.807) is 4.90 Å². The number of unbranched alkanes of at least 4 members (excludes halogenated alkanes) is 1. The summed E-state index contributed by atoms with van der Waals surface area (Å²) in [7, 11) is 0. The number of carboxylic acids is 1. The number of imide groups is 1. The van der Waals surface area contributed by atoms with E-state index in [-0.39, 0.29) is 25.9 Å². The lowest BCUT2D eigenvalue weighted by molar-refractivity contribution is -0.164. The van der Waals surface area contributed by atoms with Crippen LogP contribution in [0.2, 0.25) is 0 Å². The fraction of sp³-hybridized carbons (Fsp3) is 0.692. The van der Waals surface area contributed by atoms with Crippen LogP contribution in [0, 0.1) is 0 Å². The molecule has 1 aliphatic heterocycles. The topological polar surface area (TPSA) is 104 Å². The van der Waals surface area contributed by atoms with Crippen molar-refractivity contribution >= 4 is 23.8 Å². The third kappa shape index (κ3) is 5.90. The van der Waals surface area contributed by atoms with Gasteiger partial charge in [0.15, 0.2) is 6.73 Å². The number of carbonyl (C=O) groups is 4. The van der Waals surface area contributed by atoms with E-state index in [2.05, 4.69) is 0 Å². The Morgan fingerprint density at radius 3 is 2.33 bits per heavy atom. The normalized spacial score (nSPS) is 16.1. The summed E-state index contributed by atoms with van der Waals surface area (Å²) in [5.41, 5.74) is 0. The molecule has 0 aromatic rings. The fourth-order valence-corrected chi connectivity index (χ4v) is 1.85. The first-order valence-corrected chi connectivity index (χ1v) is 6.87. The molecule has 8 nitrogen and oxygen atoms in total. The summed E-state index contributed by atoms with van der Waals surface area (Å²) in [4.78, 5) is 47.9. The maximum absolute atomic E-state index is 11.8. The van der Waals surface area contributed by atoms with Crippen LogP contribution in [-0.4, -0.2) is 65.0 Å². The van der Waals surface area contributed by atoms with E-state index >= 15 is 0 Å². The third-order valence-corrected chi connectivity index (χ3v) is 3.05. The molecule has 2 amide bonds. The summed E-state index contributed by atoms with van der Waals surface area (Å²) in [5.74, 6) is -2.67. The van der Waals surface area contributed by atoms with Gasteiger partial charge in [0.2, 0.25) is 11.8 Å². The Hall–Kier alpha value is -1.96. The Balaban J connectivity index is 2.39. The van der Waals surface area contributed by atoms with Gasteiger partial charge in [-0.15, -0.1) is 0 Å². The number of hydrogen-bond acceptors (Lipinski definition) is 6. The number of piperazine rings is 1. The van der Waals surface area contributed by atoms with Crippen molar-refractivity contribution in [3.63, 3.8) is 0 Å². The molecule has 0 aromatic carbocycles. The van der Waals surface area contributed by atoms with Crippen LogP contribution in [0.3, 0.4) is 0 Å². The number of amides is 2. The van der Waals surface area contributed by atoms with Crippen molar-refractivity contribution in [1.82, 2.24) is 9.80 Å². The fourth-order valence-electron chi connectivity index (χ4n) is 1.85. The summed E-state index contributed by atoms with van der Waals surface area (Å²) in [6.07, 6.45) is 1.26. The van der Waals surface area contributed by atoms with E-state index in [1.165, 1.54) is 0 Å². The molecule has 1 N–H and O–H groups in total. The predicted octanol–water partition coefficient (Wildman–Crippen LogP) is -0.177. The van der Waals surface area contributed by atoms with Crippen LogP contribution in [0.4, 0.5) is 0 Å². The smallest absolute Gasteiger partial charge is 0.308 e. The van der Waals surface area contributed by atoms with Crippen LogP contribution >= 0.6 is 0 Å². The average molecular weight is 300 g/mol. The first-order chi connectivity index (χ1) is 9.93. The molecule has 1 aliphatic rings. The van der Waals surface area contributed by atoms with E-state index in [1.807, 2.05) is 6.92 Å². The summed E-state index contributed by atoms with van der Waals surface area (Å²) >= 11 is 0.